The second-order valence-corrected chi connectivity index (χ2v) is 8.77. The molecule has 0 bridgehead atoms. The molecule has 9 nitrogen and oxygen atoms in total. The first-order valence-corrected chi connectivity index (χ1v) is 12.4. The number of benzene rings is 3. The maximum atomic E-state index is 12.5. The first-order chi connectivity index (χ1) is 18.0. The molecule has 0 spiro atoms. The summed E-state index contributed by atoms with van der Waals surface area (Å²) in [6.07, 6.45) is 1.63. The summed E-state index contributed by atoms with van der Waals surface area (Å²) in [5, 5.41) is 13.4. The van der Waals surface area contributed by atoms with E-state index in [9.17, 15) is 4.79 Å². The van der Waals surface area contributed by atoms with Crippen LogP contribution in [0.5, 0.6) is 17.2 Å². The topological polar surface area (TPSA) is 99.9 Å². The zero-order valence-corrected chi connectivity index (χ0v) is 21.8. The zero-order valence-electron chi connectivity index (χ0n) is 21.0. The highest BCUT2D eigenvalue weighted by atomic mass is 32.2. The number of ether oxygens (including phenoxy) is 3. The van der Waals surface area contributed by atoms with Gasteiger partial charge in [-0.05, 0) is 42.3 Å². The summed E-state index contributed by atoms with van der Waals surface area (Å²) >= 11 is 1.26. The standard InChI is InChI=1S/C27H27N5O4S/c1-18-10-8-9-11-19(18)16-28-29-24(33)17-37-27-31-30-26(32(27)21-12-6-5-7-13-21)20-14-22(34-2)25(36-4)23(15-20)35-3/h5-16H,17H2,1-4H3,(H,29,33)/b28-16-. The van der Waals surface area contributed by atoms with E-state index in [1.165, 1.54) is 11.8 Å². The molecule has 0 fully saturated rings. The van der Waals surface area contributed by atoms with Gasteiger partial charge < -0.3 is 14.2 Å². The van der Waals surface area contributed by atoms with Crippen LogP contribution in [0.15, 0.2) is 77.0 Å². The third-order valence-corrected chi connectivity index (χ3v) is 6.41. The van der Waals surface area contributed by atoms with Crippen LogP contribution in [0, 0.1) is 6.92 Å². The van der Waals surface area contributed by atoms with Crippen LogP contribution >= 0.6 is 11.8 Å². The number of aromatic nitrogens is 3. The van der Waals surface area contributed by atoms with E-state index in [1.54, 1.807) is 27.5 Å². The summed E-state index contributed by atoms with van der Waals surface area (Å²) in [7, 11) is 4.67. The molecule has 4 rings (SSSR count). The number of thioether (sulfide) groups is 1. The first-order valence-electron chi connectivity index (χ1n) is 11.4. The fourth-order valence-corrected chi connectivity index (χ4v) is 4.38. The van der Waals surface area contributed by atoms with Crippen LogP contribution in [0.1, 0.15) is 11.1 Å². The molecule has 0 saturated heterocycles. The van der Waals surface area contributed by atoms with E-state index in [2.05, 4.69) is 20.7 Å². The summed E-state index contributed by atoms with van der Waals surface area (Å²) in [6, 6.07) is 21.1. The molecule has 1 N–H and O–H groups in total. The molecule has 0 aliphatic rings. The Labute approximate surface area is 219 Å². The number of rotatable bonds is 10. The lowest BCUT2D eigenvalue weighted by Crippen LogP contribution is -2.20. The van der Waals surface area contributed by atoms with Crippen molar-refractivity contribution in [3.05, 3.63) is 77.9 Å². The minimum Gasteiger partial charge on any atom is -0.493 e. The Morgan fingerprint density at radius 3 is 2.30 bits per heavy atom. The van der Waals surface area contributed by atoms with Crippen LogP contribution in [0.4, 0.5) is 0 Å². The lowest BCUT2D eigenvalue weighted by atomic mass is 10.1. The Morgan fingerprint density at radius 2 is 1.65 bits per heavy atom. The monoisotopic (exact) mass is 517 g/mol. The van der Waals surface area contributed by atoms with E-state index in [0.717, 1.165) is 16.8 Å². The summed E-state index contributed by atoms with van der Waals surface area (Å²) in [6.45, 7) is 1.99. The van der Waals surface area contributed by atoms with Crippen molar-refractivity contribution < 1.29 is 19.0 Å². The molecule has 190 valence electrons. The van der Waals surface area contributed by atoms with Crippen molar-refractivity contribution in [2.75, 3.05) is 27.1 Å². The van der Waals surface area contributed by atoms with Crippen LogP contribution in [-0.2, 0) is 4.79 Å². The smallest absolute Gasteiger partial charge is 0.250 e. The minimum atomic E-state index is -0.258. The molecule has 1 aromatic heterocycles. The van der Waals surface area contributed by atoms with Gasteiger partial charge in [0, 0.05) is 11.3 Å². The molecule has 10 heteroatoms. The van der Waals surface area contributed by atoms with Gasteiger partial charge in [0.25, 0.3) is 5.91 Å². The quantitative estimate of drug-likeness (QED) is 0.188. The average molecular weight is 518 g/mol. The molecular weight excluding hydrogens is 490 g/mol. The van der Waals surface area contributed by atoms with Crippen molar-refractivity contribution in [1.82, 2.24) is 20.2 Å². The molecule has 0 aliphatic carbocycles. The Morgan fingerprint density at radius 1 is 0.973 bits per heavy atom. The number of nitrogens with one attached hydrogen (secondary N) is 1. The van der Waals surface area contributed by atoms with Gasteiger partial charge in [-0.3, -0.25) is 9.36 Å². The van der Waals surface area contributed by atoms with Crippen molar-refractivity contribution >= 4 is 23.9 Å². The third kappa shape index (κ3) is 5.92. The van der Waals surface area contributed by atoms with Crippen LogP contribution in [0.3, 0.4) is 0 Å². The number of aryl methyl sites for hydroxylation is 1. The number of carbonyl (C=O) groups is 1. The van der Waals surface area contributed by atoms with Gasteiger partial charge in [0.1, 0.15) is 0 Å². The average Bonchev–Trinajstić information content (AvgIpc) is 3.36. The van der Waals surface area contributed by atoms with E-state index < -0.39 is 0 Å². The number of nitrogens with zero attached hydrogens (tertiary/aromatic N) is 4. The van der Waals surface area contributed by atoms with Gasteiger partial charge in [-0.2, -0.15) is 5.10 Å². The Bertz CT molecular complexity index is 1380. The van der Waals surface area contributed by atoms with Crippen molar-refractivity contribution in [1.29, 1.82) is 0 Å². The second kappa shape index (κ2) is 12.1. The van der Waals surface area contributed by atoms with E-state index in [1.807, 2.05) is 78.2 Å². The molecule has 1 heterocycles. The molecule has 37 heavy (non-hydrogen) atoms. The molecule has 0 saturated carbocycles. The summed E-state index contributed by atoms with van der Waals surface area (Å²) in [4.78, 5) is 12.5. The van der Waals surface area contributed by atoms with Gasteiger partial charge in [0.05, 0.1) is 33.3 Å². The Hall–Kier alpha value is -4.31. The van der Waals surface area contributed by atoms with Gasteiger partial charge in [0.15, 0.2) is 22.5 Å². The number of carbonyl (C=O) groups excluding carboxylic acids is 1. The molecule has 0 unspecified atom stereocenters. The number of methoxy groups -OCH3 is 3. The number of hydrazone groups is 1. The van der Waals surface area contributed by atoms with Crippen molar-refractivity contribution in [3.8, 4) is 34.3 Å². The predicted octanol–water partition coefficient (Wildman–Crippen LogP) is 4.51. The molecule has 4 aromatic rings. The van der Waals surface area contributed by atoms with E-state index in [0.29, 0.717) is 33.8 Å². The zero-order chi connectivity index (χ0) is 26.2. The number of hydrogen-bond donors (Lipinski definition) is 1. The highest BCUT2D eigenvalue weighted by Gasteiger charge is 2.21. The van der Waals surface area contributed by atoms with E-state index in [-0.39, 0.29) is 11.7 Å². The Balaban J connectivity index is 1.60. The first kappa shape index (κ1) is 25.8. The van der Waals surface area contributed by atoms with Crippen LogP contribution < -0.4 is 19.6 Å². The fraction of sp³-hybridized carbons (Fsp3) is 0.185. The summed E-state index contributed by atoms with van der Waals surface area (Å²) in [5.41, 5.74) is 6.14. The molecule has 0 radical (unpaired) electrons. The van der Waals surface area contributed by atoms with E-state index >= 15 is 0 Å². The number of para-hydroxylation sites is 1. The molecular formula is C27H27N5O4S. The largest absolute Gasteiger partial charge is 0.493 e. The predicted molar refractivity (Wildman–Crippen MR) is 144 cm³/mol. The van der Waals surface area contributed by atoms with Crippen molar-refractivity contribution in [2.45, 2.75) is 12.1 Å². The molecule has 1 amide bonds. The van der Waals surface area contributed by atoms with Gasteiger partial charge in [-0.15, -0.1) is 10.2 Å². The van der Waals surface area contributed by atoms with Gasteiger partial charge in [-0.25, -0.2) is 5.43 Å². The van der Waals surface area contributed by atoms with Gasteiger partial charge >= 0.3 is 0 Å². The minimum absolute atomic E-state index is 0.103. The van der Waals surface area contributed by atoms with Crippen LogP contribution in [-0.4, -0.2) is 54.0 Å². The second-order valence-electron chi connectivity index (χ2n) is 7.83. The lowest BCUT2D eigenvalue weighted by Gasteiger charge is -2.15. The third-order valence-electron chi connectivity index (χ3n) is 5.48. The van der Waals surface area contributed by atoms with Crippen LogP contribution in [0.2, 0.25) is 0 Å². The number of amides is 1. The number of hydrogen-bond acceptors (Lipinski definition) is 8. The SMILES string of the molecule is COc1cc(-c2nnc(SCC(=O)N/N=C\c3ccccc3C)n2-c2ccccc2)cc(OC)c1OC. The fourth-order valence-electron chi connectivity index (χ4n) is 3.64. The van der Waals surface area contributed by atoms with Gasteiger partial charge in [0.2, 0.25) is 5.75 Å². The van der Waals surface area contributed by atoms with Crippen LogP contribution in [0.25, 0.3) is 17.1 Å². The summed E-state index contributed by atoms with van der Waals surface area (Å²) < 4.78 is 18.4. The molecule has 0 aliphatic heterocycles. The maximum Gasteiger partial charge on any atom is 0.250 e. The van der Waals surface area contributed by atoms with Gasteiger partial charge in [-0.1, -0.05) is 54.2 Å². The maximum absolute atomic E-state index is 12.5. The highest BCUT2D eigenvalue weighted by Crippen LogP contribution is 2.41. The Kier molecular flexibility index (Phi) is 8.42. The summed E-state index contributed by atoms with van der Waals surface area (Å²) in [5.74, 6) is 1.89. The molecule has 3 aromatic carbocycles. The van der Waals surface area contributed by atoms with E-state index in [4.69, 9.17) is 14.2 Å². The normalized spacial score (nSPS) is 10.9. The van der Waals surface area contributed by atoms with Crippen molar-refractivity contribution in [2.24, 2.45) is 5.10 Å². The lowest BCUT2D eigenvalue weighted by molar-refractivity contribution is -0.118. The highest BCUT2D eigenvalue weighted by molar-refractivity contribution is 7.99. The molecule has 0 atom stereocenters. The van der Waals surface area contributed by atoms with Crippen molar-refractivity contribution in [3.63, 3.8) is 0 Å².